The van der Waals surface area contributed by atoms with E-state index < -0.39 is 0 Å². The maximum atomic E-state index is 3.97. The quantitative estimate of drug-likeness (QED) is 0.712. The van der Waals surface area contributed by atoms with E-state index in [1.54, 1.807) is 0 Å². The third kappa shape index (κ3) is 4.78. The molecule has 0 bridgehead atoms. The van der Waals surface area contributed by atoms with Crippen molar-refractivity contribution in [1.29, 1.82) is 0 Å². The van der Waals surface area contributed by atoms with Crippen LogP contribution >= 0.6 is 0 Å². The molecular weight excluding hydrogens is 206 g/mol. The molecule has 0 heterocycles. The third-order valence-corrected chi connectivity index (χ3v) is 2.42. The van der Waals surface area contributed by atoms with Gasteiger partial charge in [0.2, 0.25) is 0 Å². The van der Waals surface area contributed by atoms with Gasteiger partial charge in [0, 0.05) is 25.3 Å². The molecule has 1 aromatic carbocycles. The fraction of sp³-hybridized carbons (Fsp3) is 0.375. The van der Waals surface area contributed by atoms with Gasteiger partial charge in [0.15, 0.2) is 0 Å². The van der Waals surface area contributed by atoms with Crippen molar-refractivity contribution in [3.8, 4) is 11.8 Å². The van der Waals surface area contributed by atoms with Gasteiger partial charge in [-0.15, -0.1) is 0 Å². The van der Waals surface area contributed by atoms with Crippen molar-refractivity contribution in [1.82, 2.24) is 0 Å². The molecule has 0 unspecified atom stereocenters. The van der Waals surface area contributed by atoms with Gasteiger partial charge in [0.05, 0.1) is 0 Å². The molecule has 0 radical (unpaired) electrons. The van der Waals surface area contributed by atoms with Crippen molar-refractivity contribution in [2.45, 2.75) is 20.3 Å². The standard InChI is InChI=1S/C16H21N/c1-13(2)12-14(3)6-7-15-8-10-16(11-9-15)17(4)5/h8-11,13H,3,12H2,1-2,4-5H3. The zero-order chi connectivity index (χ0) is 12.8. The van der Waals surface area contributed by atoms with E-state index in [2.05, 4.69) is 49.3 Å². The maximum absolute atomic E-state index is 3.97. The fourth-order valence-electron chi connectivity index (χ4n) is 1.55. The Balaban J connectivity index is 2.69. The minimum atomic E-state index is 0.618. The number of rotatable bonds is 3. The molecule has 1 heteroatoms. The fourth-order valence-corrected chi connectivity index (χ4v) is 1.55. The van der Waals surface area contributed by atoms with Gasteiger partial charge in [-0.05, 0) is 42.2 Å². The summed E-state index contributed by atoms with van der Waals surface area (Å²) in [6, 6.07) is 8.25. The lowest BCUT2D eigenvalue weighted by Crippen LogP contribution is -2.07. The Morgan fingerprint density at radius 2 is 1.82 bits per heavy atom. The van der Waals surface area contributed by atoms with Crippen molar-refractivity contribution < 1.29 is 0 Å². The maximum Gasteiger partial charge on any atom is 0.0361 e. The highest BCUT2D eigenvalue weighted by Crippen LogP contribution is 2.12. The molecule has 0 aromatic heterocycles. The molecule has 0 amide bonds. The minimum Gasteiger partial charge on any atom is -0.378 e. The smallest absolute Gasteiger partial charge is 0.0361 e. The SMILES string of the molecule is C=C(C#Cc1ccc(N(C)C)cc1)CC(C)C. The van der Waals surface area contributed by atoms with Crippen LogP contribution in [0.4, 0.5) is 5.69 Å². The van der Waals surface area contributed by atoms with Crippen LogP contribution in [0, 0.1) is 17.8 Å². The first kappa shape index (κ1) is 13.4. The zero-order valence-corrected chi connectivity index (χ0v) is 11.2. The molecule has 0 N–H and O–H groups in total. The van der Waals surface area contributed by atoms with Crippen LogP contribution in [0.3, 0.4) is 0 Å². The molecule has 0 fully saturated rings. The second kappa shape index (κ2) is 6.15. The predicted octanol–water partition coefficient (Wildman–Crippen LogP) is 3.71. The molecule has 0 saturated carbocycles. The molecule has 1 rings (SSSR count). The van der Waals surface area contributed by atoms with Crippen LogP contribution in [0.15, 0.2) is 36.4 Å². The van der Waals surface area contributed by atoms with Crippen molar-refractivity contribution in [2.75, 3.05) is 19.0 Å². The Hall–Kier alpha value is -1.68. The third-order valence-electron chi connectivity index (χ3n) is 2.42. The summed E-state index contributed by atoms with van der Waals surface area (Å²) in [5, 5.41) is 0. The van der Waals surface area contributed by atoms with Crippen LogP contribution in [-0.4, -0.2) is 14.1 Å². The van der Waals surface area contributed by atoms with E-state index in [1.807, 2.05) is 26.2 Å². The number of hydrogen-bond donors (Lipinski definition) is 0. The van der Waals surface area contributed by atoms with Gasteiger partial charge in [-0.2, -0.15) is 0 Å². The highest BCUT2D eigenvalue weighted by atomic mass is 15.1. The van der Waals surface area contributed by atoms with E-state index in [1.165, 1.54) is 5.69 Å². The van der Waals surface area contributed by atoms with Crippen LogP contribution < -0.4 is 4.90 Å². The summed E-state index contributed by atoms with van der Waals surface area (Å²) in [5.74, 6) is 6.89. The van der Waals surface area contributed by atoms with Gasteiger partial charge in [-0.3, -0.25) is 0 Å². The van der Waals surface area contributed by atoms with Gasteiger partial charge in [-0.25, -0.2) is 0 Å². The van der Waals surface area contributed by atoms with E-state index in [9.17, 15) is 0 Å². The molecule has 0 atom stereocenters. The first-order valence-electron chi connectivity index (χ1n) is 5.96. The van der Waals surface area contributed by atoms with E-state index in [4.69, 9.17) is 0 Å². The van der Waals surface area contributed by atoms with E-state index in [0.717, 1.165) is 17.6 Å². The van der Waals surface area contributed by atoms with Crippen molar-refractivity contribution in [3.05, 3.63) is 42.0 Å². The molecule has 0 aliphatic rings. The molecule has 1 aromatic rings. The normalized spacial score (nSPS) is 9.71. The molecule has 0 saturated heterocycles. The molecule has 0 aliphatic heterocycles. The van der Waals surface area contributed by atoms with Crippen LogP contribution in [0.5, 0.6) is 0 Å². The van der Waals surface area contributed by atoms with Gasteiger partial charge in [0.1, 0.15) is 0 Å². The summed E-state index contributed by atoms with van der Waals surface area (Å²) in [4.78, 5) is 2.08. The number of allylic oxidation sites excluding steroid dienone is 1. The Labute approximate surface area is 105 Å². The number of anilines is 1. The van der Waals surface area contributed by atoms with E-state index in [0.29, 0.717) is 5.92 Å². The average molecular weight is 227 g/mol. The molecule has 1 nitrogen and oxygen atoms in total. The summed E-state index contributed by atoms with van der Waals surface area (Å²) in [7, 11) is 4.07. The number of benzene rings is 1. The summed E-state index contributed by atoms with van der Waals surface area (Å²) >= 11 is 0. The van der Waals surface area contributed by atoms with Crippen molar-refractivity contribution >= 4 is 5.69 Å². The first-order valence-corrected chi connectivity index (χ1v) is 5.96. The summed E-state index contributed by atoms with van der Waals surface area (Å²) in [6.07, 6.45) is 0.975. The predicted molar refractivity (Wildman–Crippen MR) is 76.2 cm³/mol. The number of hydrogen-bond acceptors (Lipinski definition) is 1. The lowest BCUT2D eigenvalue weighted by Gasteiger charge is -2.11. The first-order chi connectivity index (χ1) is 7.99. The number of nitrogens with zero attached hydrogens (tertiary/aromatic N) is 1. The molecular formula is C16H21N. The van der Waals surface area contributed by atoms with Crippen molar-refractivity contribution in [3.63, 3.8) is 0 Å². The van der Waals surface area contributed by atoms with E-state index >= 15 is 0 Å². The second-order valence-corrected chi connectivity index (χ2v) is 4.89. The van der Waals surface area contributed by atoms with Crippen LogP contribution in [0.1, 0.15) is 25.8 Å². The monoisotopic (exact) mass is 227 g/mol. The van der Waals surface area contributed by atoms with E-state index in [-0.39, 0.29) is 0 Å². The summed E-state index contributed by atoms with van der Waals surface area (Å²) < 4.78 is 0. The lowest BCUT2D eigenvalue weighted by atomic mass is 10.0. The largest absolute Gasteiger partial charge is 0.378 e. The Bertz CT molecular complexity index is 427. The average Bonchev–Trinajstić information content (AvgIpc) is 2.26. The Morgan fingerprint density at radius 1 is 1.24 bits per heavy atom. The summed E-state index contributed by atoms with van der Waals surface area (Å²) in [6.45, 7) is 8.33. The molecule has 0 spiro atoms. The minimum absolute atomic E-state index is 0.618. The molecule has 0 aliphatic carbocycles. The van der Waals surface area contributed by atoms with Gasteiger partial charge in [-0.1, -0.05) is 32.3 Å². The lowest BCUT2D eigenvalue weighted by molar-refractivity contribution is 0.653. The summed E-state index contributed by atoms with van der Waals surface area (Å²) in [5.41, 5.74) is 3.24. The van der Waals surface area contributed by atoms with Crippen LogP contribution in [0.25, 0.3) is 0 Å². The molecule has 90 valence electrons. The Morgan fingerprint density at radius 3 is 2.29 bits per heavy atom. The molecule has 17 heavy (non-hydrogen) atoms. The van der Waals surface area contributed by atoms with Crippen molar-refractivity contribution in [2.24, 2.45) is 5.92 Å². The van der Waals surface area contributed by atoms with Gasteiger partial charge >= 0.3 is 0 Å². The van der Waals surface area contributed by atoms with Gasteiger partial charge < -0.3 is 4.90 Å². The second-order valence-electron chi connectivity index (χ2n) is 4.89. The van der Waals surface area contributed by atoms with Gasteiger partial charge in [0.25, 0.3) is 0 Å². The van der Waals surface area contributed by atoms with Crippen LogP contribution in [-0.2, 0) is 0 Å². The van der Waals surface area contributed by atoms with Crippen LogP contribution in [0.2, 0.25) is 0 Å². The highest BCUT2D eigenvalue weighted by molar-refractivity contribution is 5.50. The topological polar surface area (TPSA) is 3.24 Å². The highest BCUT2D eigenvalue weighted by Gasteiger charge is 1.96. The Kier molecular flexibility index (Phi) is 4.84. The zero-order valence-electron chi connectivity index (χ0n) is 11.2.